The summed E-state index contributed by atoms with van der Waals surface area (Å²) < 4.78 is 0. The molecule has 128 valence electrons. The summed E-state index contributed by atoms with van der Waals surface area (Å²) in [5.41, 5.74) is 3.16. The van der Waals surface area contributed by atoms with Gasteiger partial charge in [-0.2, -0.15) is 15.4 Å². The first-order valence-electron chi connectivity index (χ1n) is 8.23. The molecule has 3 aromatic rings. The van der Waals surface area contributed by atoms with Gasteiger partial charge in [-0.3, -0.25) is 0 Å². The van der Waals surface area contributed by atoms with Gasteiger partial charge >= 0.3 is 0 Å². The summed E-state index contributed by atoms with van der Waals surface area (Å²) in [6.45, 7) is 11.1. The van der Waals surface area contributed by atoms with Crippen LogP contribution in [0.5, 0.6) is 5.75 Å². The fourth-order valence-corrected chi connectivity index (χ4v) is 3.25. The van der Waals surface area contributed by atoms with Gasteiger partial charge in [0.2, 0.25) is 0 Å². The molecule has 3 rings (SSSR count). The van der Waals surface area contributed by atoms with Gasteiger partial charge in [0.25, 0.3) is 0 Å². The molecule has 1 aromatic heterocycles. The third kappa shape index (κ3) is 4.82. The Morgan fingerprint density at radius 3 is 1.83 bits per heavy atom. The lowest BCUT2D eigenvalue weighted by molar-refractivity contribution is 0.278. The maximum absolute atomic E-state index is 9.84. The highest BCUT2D eigenvalue weighted by Crippen LogP contribution is 2.39. The first-order chi connectivity index (χ1) is 11.2. The van der Waals surface area contributed by atoms with E-state index < -0.39 is 0 Å². The van der Waals surface area contributed by atoms with Gasteiger partial charge < -0.3 is 5.11 Å². The number of H-pyrrole nitrogens is 1. The van der Waals surface area contributed by atoms with Crippen LogP contribution in [0.15, 0.2) is 48.5 Å². The van der Waals surface area contributed by atoms with E-state index in [2.05, 4.69) is 50.0 Å². The van der Waals surface area contributed by atoms with Crippen LogP contribution in [0.25, 0.3) is 11.0 Å². The van der Waals surface area contributed by atoms with Crippen molar-refractivity contribution in [1.29, 1.82) is 0 Å². The van der Waals surface area contributed by atoms with Gasteiger partial charge in [0, 0.05) is 0 Å². The van der Waals surface area contributed by atoms with Crippen LogP contribution in [-0.2, 0) is 5.41 Å². The monoisotopic (exact) mass is 325 g/mol. The number of rotatable bonds is 2. The molecule has 0 atom stereocenters. The summed E-state index contributed by atoms with van der Waals surface area (Å²) in [4.78, 5) is 0. The number of nitrogens with zero attached hydrogens (tertiary/aromatic N) is 2. The Kier molecular flexibility index (Phi) is 5.27. The van der Waals surface area contributed by atoms with E-state index in [0.29, 0.717) is 5.75 Å². The molecule has 4 nitrogen and oxygen atoms in total. The van der Waals surface area contributed by atoms with Crippen molar-refractivity contribution in [1.82, 2.24) is 15.4 Å². The SMILES string of the molecule is CC(C)(C)CC(C)(C)c1ccccc1O.c1ccc2n[nH]nc2c1. The number of aromatic nitrogens is 3. The lowest BCUT2D eigenvalue weighted by atomic mass is 9.72. The van der Waals surface area contributed by atoms with Crippen molar-refractivity contribution in [3.05, 3.63) is 54.1 Å². The number of para-hydroxylation sites is 3. The molecule has 0 aliphatic rings. The molecule has 0 saturated carbocycles. The normalized spacial score (nSPS) is 11.9. The zero-order valence-corrected chi connectivity index (χ0v) is 15.2. The van der Waals surface area contributed by atoms with Crippen LogP contribution in [0.2, 0.25) is 0 Å². The largest absolute Gasteiger partial charge is 0.508 e. The topological polar surface area (TPSA) is 61.8 Å². The summed E-state index contributed by atoms with van der Waals surface area (Å²) in [6, 6.07) is 15.3. The number of phenolic OH excluding ortho intramolecular Hbond substituents is 1. The van der Waals surface area contributed by atoms with Crippen LogP contribution in [-0.4, -0.2) is 20.5 Å². The van der Waals surface area contributed by atoms with E-state index in [4.69, 9.17) is 0 Å². The number of aromatic hydroxyl groups is 1. The molecule has 0 amide bonds. The second kappa shape index (κ2) is 7.04. The Balaban J connectivity index is 0.000000194. The Morgan fingerprint density at radius 2 is 1.33 bits per heavy atom. The smallest absolute Gasteiger partial charge is 0.119 e. The molecular formula is C20H27N3O. The predicted octanol–water partition coefficient (Wildman–Crippen LogP) is 5.06. The van der Waals surface area contributed by atoms with Crippen molar-refractivity contribution in [3.8, 4) is 5.75 Å². The molecule has 2 aromatic carbocycles. The number of hydrogen-bond acceptors (Lipinski definition) is 3. The standard InChI is InChI=1S/C14H22O.C6H5N3/c1-13(2,3)10-14(4,5)11-8-6-7-9-12(11)15;1-2-4-6-5(3-1)7-9-8-6/h6-9,15H,10H2,1-5H3;1-4H,(H,7,8,9). The van der Waals surface area contributed by atoms with Crippen molar-refractivity contribution in [2.24, 2.45) is 5.41 Å². The molecule has 0 radical (unpaired) electrons. The Bertz CT molecular complexity index is 754. The van der Waals surface area contributed by atoms with E-state index in [0.717, 1.165) is 23.0 Å². The van der Waals surface area contributed by atoms with E-state index in [-0.39, 0.29) is 10.8 Å². The predicted molar refractivity (Wildman–Crippen MR) is 99.1 cm³/mol. The van der Waals surface area contributed by atoms with Gasteiger partial charge in [-0.05, 0) is 41.0 Å². The van der Waals surface area contributed by atoms with Crippen LogP contribution in [0, 0.1) is 5.41 Å². The molecule has 24 heavy (non-hydrogen) atoms. The van der Waals surface area contributed by atoms with E-state index >= 15 is 0 Å². The van der Waals surface area contributed by atoms with Gasteiger partial charge in [0.1, 0.15) is 16.8 Å². The van der Waals surface area contributed by atoms with Gasteiger partial charge in [-0.15, -0.1) is 0 Å². The average molecular weight is 325 g/mol. The third-order valence-electron chi connectivity index (χ3n) is 3.83. The summed E-state index contributed by atoms with van der Waals surface area (Å²) in [5.74, 6) is 0.409. The molecule has 0 bridgehead atoms. The fraction of sp³-hybridized carbons (Fsp3) is 0.400. The Hall–Kier alpha value is -2.36. The van der Waals surface area contributed by atoms with E-state index in [9.17, 15) is 5.11 Å². The van der Waals surface area contributed by atoms with Crippen LogP contribution >= 0.6 is 0 Å². The van der Waals surface area contributed by atoms with Crippen molar-refractivity contribution in [3.63, 3.8) is 0 Å². The first kappa shape index (κ1) is 18.0. The molecular weight excluding hydrogens is 298 g/mol. The van der Waals surface area contributed by atoms with Gasteiger partial charge in [0.15, 0.2) is 0 Å². The zero-order chi connectivity index (χ0) is 17.8. The van der Waals surface area contributed by atoms with Gasteiger partial charge in [-0.1, -0.05) is 65.0 Å². The Labute approximate surface area is 143 Å². The lowest BCUT2D eigenvalue weighted by Gasteiger charge is -2.33. The van der Waals surface area contributed by atoms with E-state index in [1.807, 2.05) is 42.5 Å². The Morgan fingerprint density at radius 1 is 0.833 bits per heavy atom. The molecule has 0 aliphatic carbocycles. The molecule has 0 spiro atoms. The zero-order valence-electron chi connectivity index (χ0n) is 15.2. The molecule has 2 N–H and O–H groups in total. The average Bonchev–Trinajstić information content (AvgIpc) is 2.94. The quantitative estimate of drug-likeness (QED) is 0.692. The molecule has 4 heteroatoms. The number of fused-ring (bicyclic) bond motifs is 1. The van der Waals surface area contributed by atoms with E-state index in [1.54, 1.807) is 6.07 Å². The minimum atomic E-state index is 0.0175. The molecule has 0 unspecified atom stereocenters. The van der Waals surface area contributed by atoms with Crippen LogP contribution in [0.3, 0.4) is 0 Å². The number of aromatic amines is 1. The second-order valence-corrected chi connectivity index (χ2v) is 7.95. The summed E-state index contributed by atoms with van der Waals surface area (Å²) >= 11 is 0. The van der Waals surface area contributed by atoms with Gasteiger partial charge in [-0.25, -0.2) is 0 Å². The lowest BCUT2D eigenvalue weighted by Crippen LogP contribution is -2.24. The number of nitrogens with one attached hydrogen (secondary N) is 1. The molecule has 1 heterocycles. The summed E-state index contributed by atoms with van der Waals surface area (Å²) in [6.07, 6.45) is 1.05. The van der Waals surface area contributed by atoms with Gasteiger partial charge in [0.05, 0.1) is 0 Å². The minimum Gasteiger partial charge on any atom is -0.508 e. The maximum atomic E-state index is 9.84. The summed E-state index contributed by atoms with van der Waals surface area (Å²) in [5, 5.41) is 20.1. The second-order valence-electron chi connectivity index (χ2n) is 7.95. The molecule has 0 saturated heterocycles. The van der Waals surface area contributed by atoms with E-state index in [1.165, 1.54) is 0 Å². The third-order valence-corrected chi connectivity index (χ3v) is 3.83. The number of phenols is 1. The van der Waals surface area contributed by atoms with Crippen LogP contribution in [0.4, 0.5) is 0 Å². The minimum absolute atomic E-state index is 0.0175. The molecule has 0 aliphatic heterocycles. The van der Waals surface area contributed by atoms with Crippen molar-refractivity contribution in [2.75, 3.05) is 0 Å². The maximum Gasteiger partial charge on any atom is 0.119 e. The number of benzene rings is 2. The van der Waals surface area contributed by atoms with Crippen molar-refractivity contribution >= 4 is 11.0 Å². The highest BCUT2D eigenvalue weighted by atomic mass is 16.3. The van der Waals surface area contributed by atoms with Crippen LogP contribution < -0.4 is 0 Å². The van der Waals surface area contributed by atoms with Crippen LogP contribution in [0.1, 0.15) is 46.6 Å². The number of hydrogen-bond donors (Lipinski definition) is 2. The fourth-order valence-electron chi connectivity index (χ4n) is 3.25. The highest BCUT2D eigenvalue weighted by Gasteiger charge is 2.28. The van der Waals surface area contributed by atoms with Crippen molar-refractivity contribution in [2.45, 2.75) is 46.5 Å². The first-order valence-corrected chi connectivity index (χ1v) is 8.23. The highest BCUT2D eigenvalue weighted by molar-refractivity contribution is 5.72. The summed E-state index contributed by atoms with van der Waals surface area (Å²) in [7, 11) is 0. The van der Waals surface area contributed by atoms with Crippen molar-refractivity contribution < 1.29 is 5.11 Å². The molecule has 0 fully saturated rings.